The van der Waals surface area contributed by atoms with Gasteiger partial charge in [0, 0.05) is 28.9 Å². The molecule has 28 heavy (non-hydrogen) atoms. The Morgan fingerprint density at radius 3 is 2.96 bits per heavy atom. The number of hydrogen-bond acceptors (Lipinski definition) is 6. The van der Waals surface area contributed by atoms with Gasteiger partial charge in [0.2, 0.25) is 11.9 Å². The van der Waals surface area contributed by atoms with Crippen molar-refractivity contribution in [2.45, 2.75) is 18.7 Å². The molecule has 1 aliphatic carbocycles. The summed E-state index contributed by atoms with van der Waals surface area (Å²) < 4.78 is 13.3. The van der Waals surface area contributed by atoms with E-state index in [-0.39, 0.29) is 17.0 Å². The highest BCUT2D eigenvalue weighted by Crippen LogP contribution is 2.45. The summed E-state index contributed by atoms with van der Waals surface area (Å²) in [6.07, 6.45) is 5.64. The highest BCUT2D eigenvalue weighted by Gasteiger charge is 2.36. The standard InChI is InChI=1S/C20H18FN5OS/c1-11-24-19(16-10-28-17-14(16)6-3-7-15(17)18(22)27)26-20(25-11)23-9-12-4-2-5-13(21)8-12/h2-8,10,14,17H,9H2,1H3,(H2,22,27)(H,23,24,25,26). The van der Waals surface area contributed by atoms with E-state index in [1.54, 1.807) is 30.8 Å². The van der Waals surface area contributed by atoms with Crippen LogP contribution in [0.1, 0.15) is 17.2 Å². The van der Waals surface area contributed by atoms with Crippen molar-refractivity contribution in [1.29, 1.82) is 0 Å². The molecule has 0 saturated heterocycles. The summed E-state index contributed by atoms with van der Waals surface area (Å²) in [6.45, 7) is 2.19. The number of fused-ring (bicyclic) bond motifs is 1. The Kier molecular flexibility index (Phi) is 4.95. The minimum absolute atomic E-state index is 0.0182. The molecule has 2 heterocycles. The van der Waals surface area contributed by atoms with E-state index in [4.69, 9.17) is 5.73 Å². The van der Waals surface area contributed by atoms with Crippen LogP contribution in [0.25, 0.3) is 5.57 Å². The first kappa shape index (κ1) is 18.4. The van der Waals surface area contributed by atoms with Crippen molar-refractivity contribution >= 4 is 29.2 Å². The van der Waals surface area contributed by atoms with Crippen LogP contribution in [0.4, 0.5) is 10.3 Å². The number of carbonyl (C=O) groups is 1. The summed E-state index contributed by atoms with van der Waals surface area (Å²) in [5.41, 5.74) is 7.82. The molecule has 2 aliphatic rings. The normalized spacial score (nSPS) is 20.4. The van der Waals surface area contributed by atoms with Crippen molar-refractivity contribution in [3.8, 4) is 0 Å². The van der Waals surface area contributed by atoms with E-state index in [0.717, 1.165) is 11.1 Å². The minimum Gasteiger partial charge on any atom is -0.366 e. The van der Waals surface area contributed by atoms with Crippen LogP contribution >= 0.6 is 11.8 Å². The summed E-state index contributed by atoms with van der Waals surface area (Å²) >= 11 is 1.54. The number of anilines is 1. The van der Waals surface area contributed by atoms with Crippen molar-refractivity contribution < 1.29 is 9.18 Å². The maximum Gasteiger partial charge on any atom is 0.245 e. The molecule has 0 radical (unpaired) electrons. The van der Waals surface area contributed by atoms with Gasteiger partial charge in [-0.1, -0.05) is 30.4 Å². The number of allylic oxidation sites excluding steroid dienone is 4. The van der Waals surface area contributed by atoms with Crippen LogP contribution in [0.3, 0.4) is 0 Å². The first-order valence-electron chi connectivity index (χ1n) is 8.76. The average Bonchev–Trinajstić information content (AvgIpc) is 3.10. The molecule has 1 aromatic carbocycles. The van der Waals surface area contributed by atoms with Gasteiger partial charge in [0.15, 0.2) is 5.82 Å². The molecule has 3 N–H and O–H groups in total. The molecule has 1 aromatic heterocycles. The molecule has 8 heteroatoms. The number of nitrogens with one attached hydrogen (secondary N) is 1. The molecular weight excluding hydrogens is 377 g/mol. The molecule has 1 amide bonds. The van der Waals surface area contributed by atoms with Crippen LogP contribution < -0.4 is 11.1 Å². The second-order valence-corrected chi connectivity index (χ2v) is 7.56. The van der Waals surface area contributed by atoms with Gasteiger partial charge in [0.05, 0.1) is 0 Å². The van der Waals surface area contributed by atoms with Gasteiger partial charge >= 0.3 is 0 Å². The Morgan fingerprint density at radius 2 is 2.18 bits per heavy atom. The monoisotopic (exact) mass is 395 g/mol. The topological polar surface area (TPSA) is 93.8 Å². The van der Waals surface area contributed by atoms with Gasteiger partial charge in [0.1, 0.15) is 11.6 Å². The third-order valence-corrected chi connectivity index (χ3v) is 5.79. The highest BCUT2D eigenvalue weighted by atomic mass is 32.2. The minimum atomic E-state index is -0.411. The van der Waals surface area contributed by atoms with Crippen LogP contribution in [0.2, 0.25) is 0 Å². The Morgan fingerprint density at radius 1 is 1.32 bits per heavy atom. The number of aryl methyl sites for hydroxylation is 1. The quantitative estimate of drug-likeness (QED) is 0.808. The SMILES string of the molecule is Cc1nc(NCc2cccc(F)c2)nc(C2=CSC3C(C(N)=O)=CC=CC23)n1. The van der Waals surface area contributed by atoms with Gasteiger partial charge in [-0.05, 0) is 30.0 Å². The lowest BCUT2D eigenvalue weighted by atomic mass is 9.87. The van der Waals surface area contributed by atoms with Gasteiger partial charge in [-0.3, -0.25) is 4.79 Å². The fourth-order valence-corrected chi connectivity index (χ4v) is 4.56. The molecule has 2 aromatic rings. The van der Waals surface area contributed by atoms with Crippen LogP contribution in [0.5, 0.6) is 0 Å². The third kappa shape index (κ3) is 3.68. The highest BCUT2D eigenvalue weighted by molar-refractivity contribution is 8.03. The van der Waals surface area contributed by atoms with Gasteiger partial charge in [-0.15, -0.1) is 11.8 Å². The van der Waals surface area contributed by atoms with Gasteiger partial charge in [-0.2, -0.15) is 9.97 Å². The Hall–Kier alpha value is -3.00. The van der Waals surface area contributed by atoms with E-state index < -0.39 is 5.91 Å². The van der Waals surface area contributed by atoms with Crippen molar-refractivity contribution in [2.24, 2.45) is 11.7 Å². The maximum absolute atomic E-state index is 13.3. The lowest BCUT2D eigenvalue weighted by Crippen LogP contribution is -2.27. The number of benzene rings is 1. The maximum atomic E-state index is 13.3. The van der Waals surface area contributed by atoms with Crippen LogP contribution in [-0.4, -0.2) is 26.1 Å². The molecule has 2 atom stereocenters. The van der Waals surface area contributed by atoms with E-state index in [1.807, 2.05) is 23.6 Å². The summed E-state index contributed by atoms with van der Waals surface area (Å²) in [5.74, 6) is 0.845. The summed E-state index contributed by atoms with van der Waals surface area (Å²) in [5, 5.41) is 5.05. The molecular formula is C20H18FN5OS. The molecule has 142 valence electrons. The van der Waals surface area contributed by atoms with Crippen molar-refractivity contribution in [1.82, 2.24) is 15.0 Å². The summed E-state index contributed by atoms with van der Waals surface area (Å²) in [6, 6.07) is 6.36. The average molecular weight is 395 g/mol. The zero-order valence-corrected chi connectivity index (χ0v) is 15.9. The molecule has 0 spiro atoms. The van der Waals surface area contributed by atoms with Crippen LogP contribution in [0.15, 0.2) is 53.5 Å². The largest absolute Gasteiger partial charge is 0.366 e. The molecule has 0 saturated carbocycles. The number of carbonyl (C=O) groups excluding carboxylic acids is 1. The summed E-state index contributed by atoms with van der Waals surface area (Å²) in [7, 11) is 0. The smallest absolute Gasteiger partial charge is 0.245 e. The first-order chi connectivity index (χ1) is 13.5. The number of hydrogen-bond donors (Lipinski definition) is 2. The van der Waals surface area contributed by atoms with Gasteiger partial charge < -0.3 is 11.1 Å². The van der Waals surface area contributed by atoms with E-state index in [1.165, 1.54) is 12.1 Å². The number of primary amides is 1. The Labute approximate surface area is 165 Å². The predicted octanol–water partition coefficient (Wildman–Crippen LogP) is 2.99. The molecule has 1 aliphatic heterocycles. The van der Waals surface area contributed by atoms with E-state index in [2.05, 4.69) is 20.3 Å². The number of nitrogens with zero attached hydrogens (tertiary/aromatic N) is 3. The molecule has 4 rings (SSSR count). The number of aromatic nitrogens is 3. The zero-order chi connectivity index (χ0) is 19.7. The lowest BCUT2D eigenvalue weighted by molar-refractivity contribution is -0.114. The van der Waals surface area contributed by atoms with Crippen molar-refractivity contribution in [3.05, 3.63) is 76.5 Å². The Bertz CT molecular complexity index is 1030. The zero-order valence-electron chi connectivity index (χ0n) is 15.1. The van der Waals surface area contributed by atoms with Crippen molar-refractivity contribution in [2.75, 3.05) is 5.32 Å². The molecule has 0 fully saturated rings. The van der Waals surface area contributed by atoms with E-state index in [0.29, 0.717) is 29.7 Å². The number of halogens is 1. The first-order valence-corrected chi connectivity index (χ1v) is 9.70. The molecule has 6 nitrogen and oxygen atoms in total. The Balaban J connectivity index is 1.55. The van der Waals surface area contributed by atoms with Gasteiger partial charge in [0.25, 0.3) is 0 Å². The number of rotatable bonds is 5. The third-order valence-electron chi connectivity index (χ3n) is 4.56. The second-order valence-electron chi connectivity index (χ2n) is 6.54. The number of thioether (sulfide) groups is 1. The summed E-state index contributed by atoms with van der Waals surface area (Å²) in [4.78, 5) is 25.0. The second kappa shape index (κ2) is 7.55. The van der Waals surface area contributed by atoms with Crippen molar-refractivity contribution in [3.63, 3.8) is 0 Å². The van der Waals surface area contributed by atoms with Crippen LogP contribution in [0, 0.1) is 18.7 Å². The molecule has 0 bridgehead atoms. The number of amides is 1. The number of nitrogens with two attached hydrogens (primary N) is 1. The predicted molar refractivity (Wildman–Crippen MR) is 108 cm³/mol. The van der Waals surface area contributed by atoms with E-state index >= 15 is 0 Å². The van der Waals surface area contributed by atoms with Crippen LogP contribution in [-0.2, 0) is 11.3 Å². The van der Waals surface area contributed by atoms with Gasteiger partial charge in [-0.25, -0.2) is 9.37 Å². The lowest BCUT2D eigenvalue weighted by Gasteiger charge is -2.22. The fourth-order valence-electron chi connectivity index (χ4n) is 3.26. The fraction of sp³-hybridized carbons (Fsp3) is 0.200. The van der Waals surface area contributed by atoms with E-state index in [9.17, 15) is 9.18 Å². The molecule has 2 unspecified atom stereocenters.